The number of hydrogen-bond donors (Lipinski definition) is 3. The number of nitrogens with one attached hydrogen (secondary N) is 2. The largest absolute Gasteiger partial charge is 0.378 e. The predicted octanol–water partition coefficient (Wildman–Crippen LogP) is 3.95. The van der Waals surface area contributed by atoms with Crippen molar-refractivity contribution in [1.29, 1.82) is 0 Å². The molecule has 0 unspecified atom stereocenters. The number of carbonyl (C=O) groups is 1. The minimum absolute atomic E-state index is 0.0639. The third-order valence-corrected chi connectivity index (χ3v) is 5.48. The normalized spacial score (nSPS) is 11.1. The summed E-state index contributed by atoms with van der Waals surface area (Å²) in [5, 5.41) is 6.15. The summed E-state index contributed by atoms with van der Waals surface area (Å²) in [6, 6.07) is 10.0. The molecule has 4 aromatic rings. The van der Waals surface area contributed by atoms with Crippen molar-refractivity contribution in [2.24, 2.45) is 5.73 Å². The fourth-order valence-electron chi connectivity index (χ4n) is 3.53. The zero-order valence-corrected chi connectivity index (χ0v) is 19.3. The average Bonchev–Trinajstić information content (AvgIpc) is 3.26. The lowest BCUT2D eigenvalue weighted by Gasteiger charge is -2.12. The van der Waals surface area contributed by atoms with E-state index in [1.165, 1.54) is 12.1 Å². The zero-order chi connectivity index (χ0) is 24.1. The Bertz CT molecular complexity index is 1330. The van der Waals surface area contributed by atoms with Crippen LogP contribution in [0.3, 0.4) is 0 Å². The molecule has 34 heavy (non-hydrogen) atoms. The molecule has 4 rings (SSSR count). The van der Waals surface area contributed by atoms with Gasteiger partial charge >= 0.3 is 0 Å². The van der Waals surface area contributed by atoms with Crippen LogP contribution in [0, 0.1) is 12.7 Å². The molecule has 0 bridgehead atoms. The molecule has 176 valence electrons. The van der Waals surface area contributed by atoms with Gasteiger partial charge in [-0.15, -0.1) is 0 Å². The Labute approximate surface area is 200 Å². The number of amides is 1. The molecule has 0 saturated heterocycles. The van der Waals surface area contributed by atoms with Crippen molar-refractivity contribution in [3.05, 3.63) is 77.0 Å². The number of fused-ring (bicyclic) bond motifs is 1. The Balaban J connectivity index is 1.51. The van der Waals surface area contributed by atoms with Gasteiger partial charge in [0.15, 0.2) is 11.5 Å². The number of aryl methyl sites for hydroxylation is 1. The van der Waals surface area contributed by atoms with Gasteiger partial charge in [-0.1, -0.05) is 17.7 Å². The summed E-state index contributed by atoms with van der Waals surface area (Å²) < 4.78 is 21.0. The van der Waals surface area contributed by atoms with Crippen LogP contribution in [0.5, 0.6) is 0 Å². The number of benzene rings is 2. The van der Waals surface area contributed by atoms with E-state index >= 15 is 0 Å². The number of halogens is 2. The summed E-state index contributed by atoms with van der Waals surface area (Å²) in [5.41, 5.74) is 9.42. The van der Waals surface area contributed by atoms with Crippen LogP contribution >= 0.6 is 11.6 Å². The Kier molecular flexibility index (Phi) is 7.36. The maximum atomic E-state index is 14.0. The van der Waals surface area contributed by atoms with Gasteiger partial charge in [0.05, 0.1) is 30.1 Å². The second-order valence-electron chi connectivity index (χ2n) is 7.55. The van der Waals surface area contributed by atoms with Crippen LogP contribution in [-0.2, 0) is 4.74 Å². The number of ether oxygens (including phenoxy) is 1. The molecule has 0 spiro atoms. The van der Waals surface area contributed by atoms with Gasteiger partial charge in [-0.3, -0.25) is 9.20 Å². The van der Waals surface area contributed by atoms with Crippen LogP contribution < -0.4 is 16.4 Å². The van der Waals surface area contributed by atoms with Crippen molar-refractivity contribution in [3.8, 4) is 11.3 Å². The lowest BCUT2D eigenvalue weighted by atomic mass is 10.1. The summed E-state index contributed by atoms with van der Waals surface area (Å²) in [7, 11) is 0. The van der Waals surface area contributed by atoms with Crippen LogP contribution in [0.4, 0.5) is 15.9 Å². The van der Waals surface area contributed by atoms with E-state index in [9.17, 15) is 9.18 Å². The highest BCUT2D eigenvalue weighted by Crippen LogP contribution is 2.28. The van der Waals surface area contributed by atoms with Crippen molar-refractivity contribution in [1.82, 2.24) is 19.7 Å². The Morgan fingerprint density at radius 1 is 1.21 bits per heavy atom. The first-order chi connectivity index (χ1) is 16.5. The third kappa shape index (κ3) is 5.17. The summed E-state index contributed by atoms with van der Waals surface area (Å²) in [6.07, 6.45) is 5.04. The molecule has 0 atom stereocenters. The summed E-state index contributed by atoms with van der Waals surface area (Å²) >= 11 is 5.81. The second-order valence-corrected chi connectivity index (χ2v) is 7.96. The Hall–Kier alpha value is -3.53. The molecule has 2 heterocycles. The van der Waals surface area contributed by atoms with Gasteiger partial charge in [0.1, 0.15) is 5.82 Å². The number of carbonyl (C=O) groups excluding carboxylic acids is 1. The van der Waals surface area contributed by atoms with E-state index < -0.39 is 5.82 Å². The molecule has 0 saturated carbocycles. The highest BCUT2D eigenvalue weighted by Gasteiger charge is 2.14. The molecule has 0 aliphatic heterocycles. The van der Waals surface area contributed by atoms with E-state index in [0.717, 1.165) is 11.3 Å². The topological polar surface area (TPSA) is 107 Å². The van der Waals surface area contributed by atoms with Crippen LogP contribution in [0.2, 0.25) is 5.02 Å². The standard InChI is InChI=1S/C24H24ClFN6O2/c1-15-12-17(3-4-18(15)24(33)29-8-11-34-10-6-27)31-22-23-30-14-21(32(23)9-7-28-22)16-2-5-19(25)20(26)13-16/h2-5,7,9,12-14H,6,8,10-11,27H2,1H3,(H,28,31)(H,29,33). The molecule has 0 aliphatic carbocycles. The van der Waals surface area contributed by atoms with Crippen LogP contribution in [-0.4, -0.2) is 46.6 Å². The number of nitrogens with zero attached hydrogens (tertiary/aromatic N) is 3. The molecular weight excluding hydrogens is 459 g/mol. The molecule has 8 nitrogen and oxygen atoms in total. The van der Waals surface area contributed by atoms with Crippen LogP contribution in [0.25, 0.3) is 16.9 Å². The number of aromatic nitrogens is 3. The third-order valence-electron chi connectivity index (χ3n) is 5.17. The zero-order valence-electron chi connectivity index (χ0n) is 18.5. The van der Waals surface area contributed by atoms with Crippen LogP contribution in [0.15, 0.2) is 55.0 Å². The van der Waals surface area contributed by atoms with Crippen LogP contribution in [0.1, 0.15) is 15.9 Å². The number of imidazole rings is 1. The summed E-state index contributed by atoms with van der Waals surface area (Å²) in [6.45, 7) is 3.59. The average molecular weight is 483 g/mol. The van der Waals surface area contributed by atoms with Crippen molar-refractivity contribution in [3.63, 3.8) is 0 Å². The predicted molar refractivity (Wildman–Crippen MR) is 130 cm³/mol. The minimum Gasteiger partial charge on any atom is -0.378 e. The highest BCUT2D eigenvalue weighted by molar-refractivity contribution is 6.30. The van der Waals surface area contributed by atoms with Gasteiger partial charge in [-0.2, -0.15) is 0 Å². The number of nitrogens with two attached hydrogens (primary N) is 1. The molecule has 0 radical (unpaired) electrons. The summed E-state index contributed by atoms with van der Waals surface area (Å²) in [4.78, 5) is 21.3. The molecular formula is C24H24ClFN6O2. The van der Waals surface area contributed by atoms with E-state index in [-0.39, 0.29) is 10.9 Å². The molecule has 0 aliphatic rings. The fraction of sp³-hybridized carbons (Fsp3) is 0.208. The first kappa shape index (κ1) is 23.6. The van der Waals surface area contributed by atoms with Gasteiger partial charge < -0.3 is 21.1 Å². The first-order valence-electron chi connectivity index (χ1n) is 10.7. The van der Waals surface area contributed by atoms with Gasteiger partial charge in [0.2, 0.25) is 0 Å². The lowest BCUT2D eigenvalue weighted by molar-refractivity contribution is 0.0919. The molecule has 2 aromatic heterocycles. The molecule has 1 amide bonds. The monoisotopic (exact) mass is 482 g/mol. The number of hydrogen-bond acceptors (Lipinski definition) is 6. The molecule has 0 fully saturated rings. The maximum Gasteiger partial charge on any atom is 0.251 e. The van der Waals surface area contributed by atoms with E-state index in [0.29, 0.717) is 54.6 Å². The van der Waals surface area contributed by atoms with Gasteiger partial charge in [-0.05, 0) is 42.8 Å². The van der Waals surface area contributed by atoms with Crippen molar-refractivity contribution in [2.45, 2.75) is 6.92 Å². The molecule has 10 heteroatoms. The van der Waals surface area contributed by atoms with Crippen molar-refractivity contribution < 1.29 is 13.9 Å². The summed E-state index contributed by atoms with van der Waals surface area (Å²) in [5.74, 6) is -0.144. The SMILES string of the molecule is Cc1cc(Nc2nccn3c(-c4ccc(Cl)c(F)c4)cnc23)ccc1C(=O)NCCOCCN. The van der Waals surface area contributed by atoms with Gasteiger partial charge in [0.25, 0.3) is 5.91 Å². The quantitative estimate of drug-likeness (QED) is 0.312. The van der Waals surface area contributed by atoms with Crippen molar-refractivity contribution in [2.75, 3.05) is 31.6 Å². The Morgan fingerprint density at radius 2 is 2.06 bits per heavy atom. The van der Waals surface area contributed by atoms with E-state index in [2.05, 4.69) is 20.6 Å². The number of rotatable bonds is 9. The minimum atomic E-state index is -0.496. The first-order valence-corrected chi connectivity index (χ1v) is 11.1. The van der Waals surface area contributed by atoms with Gasteiger partial charge in [0, 0.05) is 42.3 Å². The van der Waals surface area contributed by atoms with E-state index in [4.69, 9.17) is 22.1 Å². The number of anilines is 2. The van der Waals surface area contributed by atoms with Gasteiger partial charge in [-0.25, -0.2) is 14.4 Å². The highest BCUT2D eigenvalue weighted by atomic mass is 35.5. The Morgan fingerprint density at radius 3 is 2.82 bits per heavy atom. The lowest BCUT2D eigenvalue weighted by Crippen LogP contribution is -2.28. The molecule has 2 aromatic carbocycles. The van der Waals surface area contributed by atoms with E-state index in [1.807, 2.05) is 17.4 Å². The van der Waals surface area contributed by atoms with Crippen molar-refractivity contribution >= 4 is 34.7 Å². The smallest absolute Gasteiger partial charge is 0.251 e. The van der Waals surface area contributed by atoms with E-state index in [1.54, 1.807) is 36.8 Å². The maximum absolute atomic E-state index is 14.0. The fourth-order valence-corrected chi connectivity index (χ4v) is 3.64. The molecule has 4 N–H and O–H groups in total. The second kappa shape index (κ2) is 10.6.